The van der Waals surface area contributed by atoms with Crippen molar-refractivity contribution < 1.29 is 0 Å². The first-order valence-corrected chi connectivity index (χ1v) is 6.27. The van der Waals surface area contributed by atoms with E-state index in [1.165, 1.54) is 17.3 Å². The summed E-state index contributed by atoms with van der Waals surface area (Å²) in [6.07, 6.45) is 2.51. The lowest BCUT2D eigenvalue weighted by molar-refractivity contribution is 0.806. The molecule has 2 aromatic rings. The molecule has 0 aliphatic rings. The molecule has 5 heteroatoms. The molecule has 2 N–H and O–H groups in total. The number of hydrogen-bond acceptors (Lipinski definition) is 4. The van der Waals surface area contributed by atoms with E-state index in [1.807, 2.05) is 36.4 Å². The normalized spacial score (nSPS) is 10.4. The van der Waals surface area contributed by atoms with Crippen molar-refractivity contribution in [3.8, 4) is 0 Å². The van der Waals surface area contributed by atoms with Crippen LogP contribution >= 0.6 is 11.8 Å². The zero-order valence-electron chi connectivity index (χ0n) is 9.41. The second-order valence-corrected chi connectivity index (χ2v) is 4.52. The Hall–Kier alpha value is -1.75. The first-order valence-electron chi connectivity index (χ1n) is 5.28. The molecule has 88 valence electrons. The maximum absolute atomic E-state index is 5.93. The van der Waals surface area contributed by atoms with Crippen molar-refractivity contribution in [2.45, 2.75) is 11.6 Å². The van der Waals surface area contributed by atoms with E-state index in [1.54, 1.807) is 4.68 Å². The average Bonchev–Trinajstić information content (AvgIpc) is 2.70. The van der Waals surface area contributed by atoms with Gasteiger partial charge in [0.2, 0.25) is 5.16 Å². The highest BCUT2D eigenvalue weighted by atomic mass is 32.2. The number of nitrogens with two attached hydrogens (primary N) is 1. The maximum Gasteiger partial charge on any atom is 0.210 e. The third-order valence-corrected chi connectivity index (χ3v) is 3.21. The summed E-state index contributed by atoms with van der Waals surface area (Å²) in [5, 5.41) is 8.87. The Labute approximate surface area is 105 Å². The second-order valence-electron chi connectivity index (χ2n) is 3.53. The summed E-state index contributed by atoms with van der Waals surface area (Å²) in [7, 11) is 0. The Morgan fingerprint density at radius 2 is 2.06 bits per heavy atom. The van der Waals surface area contributed by atoms with Gasteiger partial charge < -0.3 is 5.84 Å². The van der Waals surface area contributed by atoms with Gasteiger partial charge in [-0.3, -0.25) is 0 Å². The summed E-state index contributed by atoms with van der Waals surface area (Å²) < 4.78 is 1.54. The van der Waals surface area contributed by atoms with Crippen LogP contribution in [-0.2, 0) is 6.42 Å². The number of aromatic nitrogens is 3. The Morgan fingerprint density at radius 1 is 1.29 bits per heavy atom. The van der Waals surface area contributed by atoms with Gasteiger partial charge in [-0.25, -0.2) is 4.68 Å². The average molecular weight is 246 g/mol. The van der Waals surface area contributed by atoms with E-state index in [0.29, 0.717) is 6.42 Å². The first kappa shape index (κ1) is 11.7. The molecular formula is C12H14N4S. The number of benzene rings is 1. The third-order valence-electron chi connectivity index (χ3n) is 2.27. The fourth-order valence-electron chi connectivity index (χ4n) is 1.44. The molecule has 1 heterocycles. The van der Waals surface area contributed by atoms with E-state index in [2.05, 4.69) is 16.8 Å². The molecule has 17 heavy (non-hydrogen) atoms. The van der Waals surface area contributed by atoms with Crippen molar-refractivity contribution in [1.82, 2.24) is 14.9 Å². The summed E-state index contributed by atoms with van der Waals surface area (Å²) in [6.45, 7) is 3.66. The van der Waals surface area contributed by atoms with Crippen LogP contribution in [0.1, 0.15) is 11.4 Å². The quantitative estimate of drug-likeness (QED) is 0.497. The Bertz CT molecular complexity index is 492. The number of nitrogen functional groups attached to an aromatic ring is 1. The summed E-state index contributed by atoms with van der Waals surface area (Å²) in [5.74, 6) is 7.47. The van der Waals surface area contributed by atoms with Gasteiger partial charge in [-0.1, -0.05) is 48.2 Å². The van der Waals surface area contributed by atoms with Crippen molar-refractivity contribution in [2.24, 2.45) is 0 Å². The van der Waals surface area contributed by atoms with Crippen LogP contribution in [0, 0.1) is 0 Å². The molecule has 0 bridgehead atoms. The summed E-state index contributed by atoms with van der Waals surface area (Å²) in [4.78, 5) is 0. The molecular weight excluding hydrogens is 232 g/mol. The number of nitrogens with zero attached hydrogens (tertiary/aromatic N) is 3. The molecule has 0 fully saturated rings. The van der Waals surface area contributed by atoms with E-state index < -0.39 is 0 Å². The van der Waals surface area contributed by atoms with Crippen LogP contribution < -0.4 is 5.84 Å². The largest absolute Gasteiger partial charge is 0.336 e. The van der Waals surface area contributed by atoms with Gasteiger partial charge in [-0.05, 0) is 5.56 Å². The van der Waals surface area contributed by atoms with Gasteiger partial charge in [0.25, 0.3) is 0 Å². The lowest BCUT2D eigenvalue weighted by Crippen LogP contribution is -2.14. The van der Waals surface area contributed by atoms with Gasteiger partial charge in [0.1, 0.15) is 0 Å². The molecule has 0 saturated carbocycles. The zero-order chi connectivity index (χ0) is 12.1. The predicted molar refractivity (Wildman–Crippen MR) is 70.3 cm³/mol. The molecule has 0 saturated heterocycles. The van der Waals surface area contributed by atoms with Crippen molar-refractivity contribution in [3.05, 3.63) is 54.4 Å². The Kier molecular flexibility index (Phi) is 3.82. The standard InChI is InChI=1S/C12H14N4S/c1-2-8-17-12-15-14-11(16(12)13)9-10-6-4-3-5-7-10/h2-7H,1,8-9,13H2. The molecule has 1 aromatic heterocycles. The topological polar surface area (TPSA) is 56.7 Å². The summed E-state index contributed by atoms with van der Waals surface area (Å²) >= 11 is 1.52. The van der Waals surface area contributed by atoms with Crippen molar-refractivity contribution >= 4 is 11.8 Å². The van der Waals surface area contributed by atoms with Crippen LogP contribution in [-0.4, -0.2) is 20.6 Å². The van der Waals surface area contributed by atoms with E-state index in [9.17, 15) is 0 Å². The van der Waals surface area contributed by atoms with Crippen LogP contribution in [0.15, 0.2) is 48.1 Å². The highest BCUT2D eigenvalue weighted by Crippen LogP contribution is 2.15. The van der Waals surface area contributed by atoms with Gasteiger partial charge in [0.05, 0.1) is 0 Å². The van der Waals surface area contributed by atoms with Gasteiger partial charge in [-0.2, -0.15) is 0 Å². The van der Waals surface area contributed by atoms with Gasteiger partial charge in [0, 0.05) is 12.2 Å². The molecule has 1 aromatic carbocycles. The number of hydrogen-bond donors (Lipinski definition) is 1. The van der Waals surface area contributed by atoms with Gasteiger partial charge in [0.15, 0.2) is 5.82 Å². The monoisotopic (exact) mass is 246 g/mol. The molecule has 0 aliphatic carbocycles. The maximum atomic E-state index is 5.93. The lowest BCUT2D eigenvalue weighted by atomic mass is 10.1. The summed E-state index contributed by atoms with van der Waals surface area (Å²) in [6, 6.07) is 10.1. The SMILES string of the molecule is C=CCSc1nnc(Cc2ccccc2)n1N. The molecule has 0 amide bonds. The van der Waals surface area contributed by atoms with E-state index in [4.69, 9.17) is 5.84 Å². The minimum atomic E-state index is 0.693. The smallest absolute Gasteiger partial charge is 0.210 e. The Morgan fingerprint density at radius 3 is 2.76 bits per heavy atom. The van der Waals surface area contributed by atoms with E-state index in [0.717, 1.165) is 16.7 Å². The first-order chi connectivity index (χ1) is 8.31. The van der Waals surface area contributed by atoms with E-state index >= 15 is 0 Å². The van der Waals surface area contributed by atoms with Crippen LogP contribution in [0.25, 0.3) is 0 Å². The number of rotatable bonds is 5. The van der Waals surface area contributed by atoms with Crippen molar-refractivity contribution in [2.75, 3.05) is 11.6 Å². The van der Waals surface area contributed by atoms with Crippen molar-refractivity contribution in [3.63, 3.8) is 0 Å². The molecule has 0 radical (unpaired) electrons. The minimum Gasteiger partial charge on any atom is -0.336 e. The molecule has 0 spiro atoms. The third kappa shape index (κ3) is 2.88. The molecule has 0 aliphatic heterocycles. The fourth-order valence-corrected chi connectivity index (χ4v) is 2.05. The number of thioether (sulfide) groups is 1. The van der Waals surface area contributed by atoms with Crippen LogP contribution in [0.4, 0.5) is 0 Å². The van der Waals surface area contributed by atoms with Crippen LogP contribution in [0.2, 0.25) is 0 Å². The van der Waals surface area contributed by atoms with Crippen LogP contribution in [0.5, 0.6) is 0 Å². The molecule has 0 atom stereocenters. The zero-order valence-corrected chi connectivity index (χ0v) is 10.2. The minimum absolute atomic E-state index is 0.693. The van der Waals surface area contributed by atoms with Crippen LogP contribution in [0.3, 0.4) is 0 Å². The second kappa shape index (κ2) is 5.54. The highest BCUT2D eigenvalue weighted by molar-refractivity contribution is 7.99. The summed E-state index contributed by atoms with van der Waals surface area (Å²) in [5.41, 5.74) is 1.17. The fraction of sp³-hybridized carbons (Fsp3) is 0.167. The molecule has 0 unspecified atom stereocenters. The molecule has 4 nitrogen and oxygen atoms in total. The Balaban J connectivity index is 2.12. The van der Waals surface area contributed by atoms with E-state index in [-0.39, 0.29) is 0 Å². The lowest BCUT2D eigenvalue weighted by Gasteiger charge is -2.02. The highest BCUT2D eigenvalue weighted by Gasteiger charge is 2.09. The predicted octanol–water partition coefficient (Wildman–Crippen LogP) is 1.86. The molecule has 2 rings (SSSR count). The van der Waals surface area contributed by atoms with Crippen molar-refractivity contribution in [1.29, 1.82) is 0 Å². The van der Waals surface area contributed by atoms with Gasteiger partial charge >= 0.3 is 0 Å². The van der Waals surface area contributed by atoms with Gasteiger partial charge in [-0.15, -0.1) is 16.8 Å².